The molecule has 1 unspecified atom stereocenters. The molecule has 3 aliphatic rings. The zero-order valence-electron chi connectivity index (χ0n) is 22.0. The summed E-state index contributed by atoms with van der Waals surface area (Å²) in [6.07, 6.45) is 2.38. The van der Waals surface area contributed by atoms with Crippen molar-refractivity contribution < 1.29 is 19.0 Å². The van der Waals surface area contributed by atoms with E-state index in [0.717, 1.165) is 28.7 Å². The van der Waals surface area contributed by atoms with Gasteiger partial charge >= 0.3 is 0 Å². The predicted octanol–water partition coefficient (Wildman–Crippen LogP) is 4.91. The quantitative estimate of drug-likeness (QED) is 0.485. The van der Waals surface area contributed by atoms with Crippen molar-refractivity contribution in [3.05, 3.63) is 42.0 Å². The number of methoxy groups -OCH3 is 2. The lowest BCUT2D eigenvalue weighted by atomic mass is 9.83. The summed E-state index contributed by atoms with van der Waals surface area (Å²) in [4.78, 5) is 21.0. The van der Waals surface area contributed by atoms with E-state index in [9.17, 15) is 4.79 Å². The normalized spacial score (nSPS) is 21.1. The second-order valence-corrected chi connectivity index (χ2v) is 10.3. The summed E-state index contributed by atoms with van der Waals surface area (Å²) in [7, 11) is 5.22. The zero-order valence-corrected chi connectivity index (χ0v) is 22.0. The van der Waals surface area contributed by atoms with Crippen molar-refractivity contribution >= 4 is 16.8 Å². The van der Waals surface area contributed by atoms with E-state index in [-0.39, 0.29) is 18.4 Å². The van der Waals surface area contributed by atoms with E-state index in [1.807, 2.05) is 48.3 Å². The number of nitrogens with zero attached hydrogens (tertiary/aromatic N) is 2. The molecule has 0 saturated carbocycles. The van der Waals surface area contributed by atoms with Gasteiger partial charge < -0.3 is 29.0 Å². The predicted molar refractivity (Wildman–Crippen MR) is 142 cm³/mol. The lowest BCUT2D eigenvalue weighted by Crippen LogP contribution is -2.58. The second kappa shape index (κ2) is 10.1. The van der Waals surface area contributed by atoms with Gasteiger partial charge in [0.1, 0.15) is 5.75 Å². The van der Waals surface area contributed by atoms with Crippen LogP contribution in [0.15, 0.2) is 36.4 Å². The van der Waals surface area contributed by atoms with Gasteiger partial charge in [0.25, 0.3) is 5.91 Å². The highest BCUT2D eigenvalue weighted by atomic mass is 16.5. The summed E-state index contributed by atoms with van der Waals surface area (Å²) >= 11 is 0. The lowest BCUT2D eigenvalue weighted by Gasteiger charge is -2.48. The molecule has 2 bridgehead atoms. The molecular formula is C29H37N3O4. The van der Waals surface area contributed by atoms with Gasteiger partial charge in [-0.2, -0.15) is 0 Å². The Hall–Kier alpha value is -3.19. The molecule has 7 heteroatoms. The number of likely N-dealkylation sites (N-methyl/N-ethyl adjacent to an activating group) is 1. The molecule has 2 aromatic carbocycles. The molecule has 1 N–H and O–H groups in total. The van der Waals surface area contributed by atoms with Gasteiger partial charge in [-0.3, -0.25) is 4.79 Å². The third-order valence-corrected chi connectivity index (χ3v) is 7.93. The number of fused-ring (bicyclic) bond motifs is 4. The summed E-state index contributed by atoms with van der Waals surface area (Å²) in [6.45, 7) is 7.74. The van der Waals surface area contributed by atoms with Crippen LogP contribution in [0, 0.1) is 5.92 Å². The molecule has 0 radical (unpaired) electrons. The number of rotatable bonds is 8. The van der Waals surface area contributed by atoms with Crippen LogP contribution in [-0.2, 0) is 4.79 Å². The number of aromatic nitrogens is 1. The Morgan fingerprint density at radius 3 is 2.47 bits per heavy atom. The Morgan fingerprint density at radius 1 is 1.08 bits per heavy atom. The standard InChI is InChI=1S/C29H37N3O4/c1-18(2)28-22-15-21(36-17-27(33)31(3)24-16-32-12-10-19(24)11-13-32)7-8-23(22)30-29(28)20-6-9-25(34-4)26(14-20)35-5/h6-9,14-15,18-19,24,30H,10-13,16-17H2,1-5H3. The highest BCUT2D eigenvalue weighted by Gasteiger charge is 2.37. The number of piperidine rings is 3. The maximum absolute atomic E-state index is 13.0. The fourth-order valence-electron chi connectivity index (χ4n) is 5.91. The summed E-state index contributed by atoms with van der Waals surface area (Å²) in [5.41, 5.74) is 4.32. The number of H-pyrrole nitrogens is 1. The van der Waals surface area contributed by atoms with E-state index in [1.165, 1.54) is 31.5 Å². The SMILES string of the molecule is COc1ccc(-c2[nH]c3ccc(OCC(=O)N(C)C4CN5CCC4CC5)cc3c2C(C)C)cc1OC. The van der Waals surface area contributed by atoms with Crippen LogP contribution in [0.2, 0.25) is 0 Å². The Labute approximate surface area is 213 Å². The van der Waals surface area contributed by atoms with Gasteiger partial charge in [0.15, 0.2) is 18.1 Å². The average molecular weight is 492 g/mol. The fourth-order valence-corrected chi connectivity index (χ4v) is 5.91. The first-order valence-corrected chi connectivity index (χ1v) is 12.9. The van der Waals surface area contributed by atoms with Gasteiger partial charge in [-0.25, -0.2) is 0 Å². The highest BCUT2D eigenvalue weighted by molar-refractivity contribution is 5.92. The minimum Gasteiger partial charge on any atom is -0.493 e. The molecule has 3 saturated heterocycles. The van der Waals surface area contributed by atoms with Gasteiger partial charge in [0.05, 0.1) is 19.9 Å². The van der Waals surface area contributed by atoms with E-state index in [1.54, 1.807) is 14.2 Å². The van der Waals surface area contributed by atoms with Gasteiger partial charge in [-0.15, -0.1) is 0 Å². The van der Waals surface area contributed by atoms with Crippen LogP contribution in [0.3, 0.4) is 0 Å². The number of hydrogen-bond acceptors (Lipinski definition) is 5. The van der Waals surface area contributed by atoms with Crippen LogP contribution in [0.1, 0.15) is 38.2 Å². The number of ether oxygens (including phenoxy) is 3. The molecule has 3 aromatic rings. The van der Waals surface area contributed by atoms with Gasteiger partial charge in [0, 0.05) is 36.1 Å². The van der Waals surface area contributed by atoms with E-state index in [0.29, 0.717) is 29.2 Å². The van der Waals surface area contributed by atoms with Crippen molar-refractivity contribution in [1.29, 1.82) is 0 Å². The summed E-state index contributed by atoms with van der Waals surface area (Å²) in [5.74, 6) is 3.03. The van der Waals surface area contributed by atoms with Crippen molar-refractivity contribution in [3.63, 3.8) is 0 Å². The number of carbonyl (C=O) groups excluding carboxylic acids is 1. The number of amides is 1. The largest absolute Gasteiger partial charge is 0.493 e. The molecular weight excluding hydrogens is 454 g/mol. The minimum absolute atomic E-state index is 0.0398. The van der Waals surface area contributed by atoms with E-state index >= 15 is 0 Å². The van der Waals surface area contributed by atoms with Crippen molar-refractivity contribution in [1.82, 2.24) is 14.8 Å². The van der Waals surface area contributed by atoms with Gasteiger partial charge in [0.2, 0.25) is 0 Å². The Balaban J connectivity index is 1.37. The molecule has 1 amide bonds. The molecule has 6 rings (SSSR count). The third-order valence-electron chi connectivity index (χ3n) is 7.93. The molecule has 192 valence electrons. The second-order valence-electron chi connectivity index (χ2n) is 10.3. The minimum atomic E-state index is 0.0398. The Kier molecular flexibility index (Phi) is 6.84. The first-order chi connectivity index (χ1) is 17.4. The summed E-state index contributed by atoms with van der Waals surface area (Å²) in [5, 5.41) is 1.10. The average Bonchev–Trinajstić information content (AvgIpc) is 3.30. The molecule has 0 spiro atoms. The Morgan fingerprint density at radius 2 is 1.83 bits per heavy atom. The zero-order chi connectivity index (χ0) is 25.4. The van der Waals surface area contributed by atoms with Crippen molar-refractivity contribution in [2.75, 3.05) is 47.5 Å². The molecule has 0 aliphatic carbocycles. The smallest absolute Gasteiger partial charge is 0.260 e. The maximum atomic E-state index is 13.0. The monoisotopic (exact) mass is 491 g/mol. The topological polar surface area (TPSA) is 67.0 Å². The molecule has 1 aromatic heterocycles. The van der Waals surface area contributed by atoms with Crippen LogP contribution in [0.4, 0.5) is 0 Å². The van der Waals surface area contributed by atoms with E-state index < -0.39 is 0 Å². The fraction of sp³-hybridized carbons (Fsp3) is 0.483. The molecule has 36 heavy (non-hydrogen) atoms. The lowest BCUT2D eigenvalue weighted by molar-refractivity contribution is -0.138. The summed E-state index contributed by atoms with van der Waals surface area (Å²) in [6, 6.07) is 12.3. The van der Waals surface area contributed by atoms with E-state index in [4.69, 9.17) is 14.2 Å². The van der Waals surface area contributed by atoms with Crippen molar-refractivity contribution in [2.24, 2.45) is 5.92 Å². The van der Waals surface area contributed by atoms with Crippen LogP contribution in [-0.4, -0.2) is 74.2 Å². The first kappa shape index (κ1) is 24.5. The highest BCUT2D eigenvalue weighted by Crippen LogP contribution is 2.40. The van der Waals surface area contributed by atoms with Crippen LogP contribution in [0.25, 0.3) is 22.2 Å². The molecule has 7 nitrogen and oxygen atoms in total. The molecule has 3 aliphatic heterocycles. The maximum Gasteiger partial charge on any atom is 0.260 e. The number of carbonyl (C=O) groups is 1. The van der Waals surface area contributed by atoms with Gasteiger partial charge in [-0.1, -0.05) is 13.8 Å². The van der Waals surface area contributed by atoms with Crippen LogP contribution < -0.4 is 14.2 Å². The van der Waals surface area contributed by atoms with Crippen molar-refractivity contribution in [3.8, 4) is 28.5 Å². The number of hydrogen-bond donors (Lipinski definition) is 1. The number of aromatic amines is 1. The molecule has 1 atom stereocenters. The molecule has 3 fully saturated rings. The molecule has 4 heterocycles. The third kappa shape index (κ3) is 4.52. The van der Waals surface area contributed by atoms with Crippen LogP contribution in [0.5, 0.6) is 17.2 Å². The van der Waals surface area contributed by atoms with Gasteiger partial charge in [-0.05, 0) is 79.7 Å². The van der Waals surface area contributed by atoms with E-state index in [2.05, 4.69) is 23.7 Å². The number of nitrogens with one attached hydrogen (secondary N) is 1. The first-order valence-electron chi connectivity index (χ1n) is 12.9. The van der Waals surface area contributed by atoms with Crippen molar-refractivity contribution in [2.45, 2.75) is 38.6 Å². The Bertz CT molecular complexity index is 1240. The van der Waals surface area contributed by atoms with Crippen LogP contribution >= 0.6 is 0 Å². The number of benzene rings is 2. The summed E-state index contributed by atoms with van der Waals surface area (Å²) < 4.78 is 17.0.